The van der Waals surface area contributed by atoms with Gasteiger partial charge < -0.3 is 15.0 Å². The lowest BCUT2D eigenvalue weighted by atomic mass is 10.2. The molecule has 0 aliphatic rings. The van der Waals surface area contributed by atoms with Gasteiger partial charge in [0, 0.05) is 40.1 Å². The fraction of sp³-hybridized carbons (Fsp3) is 0.727. The second kappa shape index (κ2) is 6.62. The first-order valence-corrected chi connectivity index (χ1v) is 5.56. The molecule has 0 aliphatic carbocycles. The molecule has 1 atom stereocenters. The Hall–Kier alpha value is -0.910. The monoisotopic (exact) mass is 226 g/mol. The van der Waals surface area contributed by atoms with Crippen LogP contribution in [0.25, 0.3) is 0 Å². The van der Waals surface area contributed by atoms with Gasteiger partial charge in [0.05, 0.1) is 18.1 Å². The molecule has 5 heteroatoms. The SMILES string of the molecule is COCCCN(C)C(CN)c1cncn1C. The summed E-state index contributed by atoms with van der Waals surface area (Å²) in [5, 5.41) is 0. The van der Waals surface area contributed by atoms with Gasteiger partial charge in [0.25, 0.3) is 0 Å². The van der Waals surface area contributed by atoms with Gasteiger partial charge in [-0.25, -0.2) is 4.98 Å². The molecule has 0 saturated carbocycles. The second-order valence-electron chi connectivity index (χ2n) is 4.01. The summed E-state index contributed by atoms with van der Waals surface area (Å²) in [6.07, 6.45) is 4.70. The van der Waals surface area contributed by atoms with Crippen LogP contribution in [0.4, 0.5) is 0 Å². The molecular formula is C11H22N4O. The Kier molecular flexibility index (Phi) is 5.45. The van der Waals surface area contributed by atoms with E-state index < -0.39 is 0 Å². The van der Waals surface area contributed by atoms with Gasteiger partial charge in [-0.3, -0.25) is 4.90 Å². The topological polar surface area (TPSA) is 56.3 Å². The fourth-order valence-corrected chi connectivity index (χ4v) is 1.83. The summed E-state index contributed by atoms with van der Waals surface area (Å²) >= 11 is 0. The number of hydrogen-bond acceptors (Lipinski definition) is 4. The van der Waals surface area contributed by atoms with E-state index in [0.717, 1.165) is 25.3 Å². The van der Waals surface area contributed by atoms with E-state index in [1.54, 1.807) is 13.4 Å². The zero-order chi connectivity index (χ0) is 12.0. The second-order valence-corrected chi connectivity index (χ2v) is 4.01. The van der Waals surface area contributed by atoms with Crippen molar-refractivity contribution in [2.24, 2.45) is 12.8 Å². The Balaban J connectivity index is 2.57. The van der Waals surface area contributed by atoms with Crippen LogP contribution in [-0.2, 0) is 11.8 Å². The highest BCUT2D eigenvalue weighted by Crippen LogP contribution is 2.16. The molecule has 2 N–H and O–H groups in total. The van der Waals surface area contributed by atoms with E-state index >= 15 is 0 Å². The van der Waals surface area contributed by atoms with Crippen molar-refractivity contribution < 1.29 is 4.74 Å². The van der Waals surface area contributed by atoms with Crippen molar-refractivity contribution >= 4 is 0 Å². The number of methoxy groups -OCH3 is 1. The van der Waals surface area contributed by atoms with E-state index in [1.165, 1.54) is 0 Å². The molecular weight excluding hydrogens is 204 g/mol. The molecule has 16 heavy (non-hydrogen) atoms. The number of hydrogen-bond donors (Lipinski definition) is 1. The summed E-state index contributed by atoms with van der Waals surface area (Å²) < 4.78 is 7.06. The van der Waals surface area contributed by atoms with Gasteiger partial charge in [0.15, 0.2) is 0 Å². The van der Waals surface area contributed by atoms with Gasteiger partial charge in [0.2, 0.25) is 0 Å². The third-order valence-electron chi connectivity index (χ3n) is 2.81. The third kappa shape index (κ3) is 3.30. The lowest BCUT2D eigenvalue weighted by Gasteiger charge is -2.26. The van der Waals surface area contributed by atoms with Crippen LogP contribution in [0.1, 0.15) is 18.2 Å². The van der Waals surface area contributed by atoms with Gasteiger partial charge in [-0.15, -0.1) is 0 Å². The first-order valence-electron chi connectivity index (χ1n) is 5.56. The smallest absolute Gasteiger partial charge is 0.0946 e. The van der Waals surface area contributed by atoms with E-state index in [0.29, 0.717) is 6.54 Å². The minimum atomic E-state index is 0.226. The Bertz CT molecular complexity index is 300. The van der Waals surface area contributed by atoms with Crippen molar-refractivity contribution in [2.75, 3.05) is 33.9 Å². The number of rotatable bonds is 7. The summed E-state index contributed by atoms with van der Waals surface area (Å²) in [7, 11) is 5.80. The molecule has 0 aromatic carbocycles. The first-order chi connectivity index (χ1) is 7.70. The quantitative estimate of drug-likeness (QED) is 0.683. The van der Waals surface area contributed by atoms with Crippen LogP contribution in [0, 0.1) is 0 Å². The Morgan fingerprint density at radius 3 is 2.88 bits per heavy atom. The first kappa shape index (κ1) is 13.2. The van der Waals surface area contributed by atoms with Gasteiger partial charge in [0.1, 0.15) is 0 Å². The van der Waals surface area contributed by atoms with E-state index in [2.05, 4.69) is 16.9 Å². The predicted molar refractivity (Wildman–Crippen MR) is 64.1 cm³/mol. The molecule has 5 nitrogen and oxygen atoms in total. The zero-order valence-electron chi connectivity index (χ0n) is 10.4. The van der Waals surface area contributed by atoms with Crippen molar-refractivity contribution in [1.29, 1.82) is 0 Å². The van der Waals surface area contributed by atoms with Gasteiger partial charge in [-0.2, -0.15) is 0 Å². The molecule has 0 fully saturated rings. The van der Waals surface area contributed by atoms with Crippen molar-refractivity contribution in [2.45, 2.75) is 12.5 Å². The van der Waals surface area contributed by atoms with Crippen LogP contribution in [0.5, 0.6) is 0 Å². The third-order valence-corrected chi connectivity index (χ3v) is 2.81. The molecule has 1 unspecified atom stereocenters. The van der Waals surface area contributed by atoms with Crippen LogP contribution in [-0.4, -0.2) is 48.3 Å². The molecule has 0 amide bonds. The molecule has 92 valence electrons. The summed E-state index contributed by atoms with van der Waals surface area (Å²) in [6.45, 7) is 2.36. The average Bonchev–Trinajstić information content (AvgIpc) is 2.67. The molecule has 1 aromatic rings. The van der Waals surface area contributed by atoms with Crippen molar-refractivity contribution in [3.05, 3.63) is 18.2 Å². The number of imidazole rings is 1. The summed E-state index contributed by atoms with van der Waals surface area (Å²) in [6, 6.07) is 0.226. The number of likely N-dealkylation sites (N-methyl/N-ethyl adjacent to an activating group) is 1. The molecule has 0 bridgehead atoms. The van der Waals surface area contributed by atoms with Crippen LogP contribution >= 0.6 is 0 Å². The molecule has 0 saturated heterocycles. The van der Waals surface area contributed by atoms with E-state index in [9.17, 15) is 0 Å². The summed E-state index contributed by atoms with van der Waals surface area (Å²) in [5.41, 5.74) is 6.98. The van der Waals surface area contributed by atoms with Crippen LogP contribution in [0.2, 0.25) is 0 Å². The highest BCUT2D eigenvalue weighted by molar-refractivity contribution is 5.05. The normalized spacial score (nSPS) is 13.3. The molecule has 1 aromatic heterocycles. The molecule has 0 radical (unpaired) electrons. The predicted octanol–water partition coefficient (Wildman–Crippen LogP) is 0.388. The number of nitrogens with two attached hydrogens (primary N) is 1. The van der Waals surface area contributed by atoms with E-state index in [4.69, 9.17) is 10.5 Å². The van der Waals surface area contributed by atoms with Crippen LogP contribution in [0.3, 0.4) is 0 Å². The highest BCUT2D eigenvalue weighted by Gasteiger charge is 2.17. The van der Waals surface area contributed by atoms with E-state index in [1.807, 2.05) is 17.8 Å². The Morgan fingerprint density at radius 2 is 2.38 bits per heavy atom. The molecule has 1 heterocycles. The molecule has 0 aliphatic heterocycles. The Morgan fingerprint density at radius 1 is 1.62 bits per heavy atom. The van der Waals surface area contributed by atoms with Crippen LogP contribution in [0.15, 0.2) is 12.5 Å². The number of aryl methyl sites for hydroxylation is 1. The number of ether oxygens (including phenoxy) is 1. The van der Waals surface area contributed by atoms with E-state index in [-0.39, 0.29) is 6.04 Å². The maximum Gasteiger partial charge on any atom is 0.0946 e. The molecule has 1 rings (SSSR count). The van der Waals surface area contributed by atoms with Gasteiger partial charge in [-0.1, -0.05) is 0 Å². The highest BCUT2D eigenvalue weighted by atomic mass is 16.5. The standard InChI is InChI=1S/C11H22N4O/c1-14(5-4-6-16-3)10(7-12)11-8-13-9-15(11)2/h8-10H,4-7,12H2,1-3H3. The maximum absolute atomic E-state index is 5.82. The largest absolute Gasteiger partial charge is 0.385 e. The van der Waals surface area contributed by atoms with Crippen molar-refractivity contribution in [3.8, 4) is 0 Å². The molecule has 0 spiro atoms. The lowest BCUT2D eigenvalue weighted by molar-refractivity contribution is 0.165. The minimum absolute atomic E-state index is 0.226. The number of aromatic nitrogens is 2. The average molecular weight is 226 g/mol. The fourth-order valence-electron chi connectivity index (χ4n) is 1.83. The van der Waals surface area contributed by atoms with Gasteiger partial charge in [-0.05, 0) is 13.5 Å². The van der Waals surface area contributed by atoms with Crippen LogP contribution < -0.4 is 5.73 Å². The van der Waals surface area contributed by atoms with Gasteiger partial charge >= 0.3 is 0 Å². The zero-order valence-corrected chi connectivity index (χ0v) is 10.4. The number of nitrogens with zero attached hydrogens (tertiary/aromatic N) is 3. The summed E-state index contributed by atoms with van der Waals surface area (Å²) in [4.78, 5) is 6.37. The minimum Gasteiger partial charge on any atom is -0.385 e. The summed E-state index contributed by atoms with van der Waals surface area (Å²) in [5.74, 6) is 0. The lowest BCUT2D eigenvalue weighted by Crippen LogP contribution is -2.33. The van der Waals surface area contributed by atoms with Crippen molar-refractivity contribution in [1.82, 2.24) is 14.5 Å². The maximum atomic E-state index is 5.82. The van der Waals surface area contributed by atoms with Crippen molar-refractivity contribution in [3.63, 3.8) is 0 Å². The Labute approximate surface area is 97.2 Å².